The van der Waals surface area contributed by atoms with Gasteiger partial charge in [0.1, 0.15) is 62.1 Å². The number of anilines is 1. The molecule has 15 aromatic rings. The molecule has 0 aliphatic carbocycles. The lowest BCUT2D eigenvalue weighted by Crippen LogP contribution is -1.91. The summed E-state index contributed by atoms with van der Waals surface area (Å²) in [5, 5.41) is 95.5. The highest BCUT2D eigenvalue weighted by Gasteiger charge is 2.15. The highest BCUT2D eigenvalue weighted by Crippen LogP contribution is 2.36. The zero-order valence-corrected chi connectivity index (χ0v) is 63.6. The first-order valence-corrected chi connectivity index (χ1v) is 36.0. The highest BCUT2D eigenvalue weighted by atomic mass is 16.6. The number of hydrogen-bond donors (Lipinski definition) is 9. The van der Waals surface area contributed by atoms with Crippen molar-refractivity contribution in [2.45, 2.75) is 69.2 Å². The first kappa shape index (κ1) is 78.6. The van der Waals surface area contributed by atoms with Gasteiger partial charge in [0.15, 0.2) is 11.5 Å². The summed E-state index contributed by atoms with van der Waals surface area (Å²) >= 11 is 0. The molecule has 0 saturated carbocycles. The molecule has 15 rings (SSSR count). The van der Waals surface area contributed by atoms with Crippen LogP contribution in [0.4, 0.5) is 11.4 Å². The summed E-state index contributed by atoms with van der Waals surface area (Å²) < 4.78 is 0. The van der Waals surface area contributed by atoms with Crippen molar-refractivity contribution in [2.24, 2.45) is 0 Å². The monoisotopic (exact) mass is 1480 g/mol. The van der Waals surface area contributed by atoms with E-state index in [2.05, 4.69) is 24.9 Å². The minimum atomic E-state index is -0.411. The number of phenols is 8. The average molecular weight is 1480 g/mol. The number of nitro benzene ring substituents is 1. The van der Waals surface area contributed by atoms with E-state index in [1.165, 1.54) is 18.2 Å². The molecule has 112 heavy (non-hydrogen) atoms. The zero-order chi connectivity index (χ0) is 80.0. The molecule has 0 radical (unpaired) electrons. The number of nitrogen functional groups attached to an aromatic ring is 1. The summed E-state index contributed by atoms with van der Waals surface area (Å²) in [6, 6.07) is 65.1. The normalized spacial score (nSPS) is 11.3. The number of nitrogens with zero attached hydrogens (tertiary/aromatic N) is 6. The van der Waals surface area contributed by atoms with Gasteiger partial charge in [0.25, 0.3) is 5.69 Å². The number of para-hydroxylation sites is 3. The van der Waals surface area contributed by atoms with E-state index >= 15 is 0 Å². The second-order valence-electron chi connectivity index (χ2n) is 27.3. The molecule has 10 aromatic carbocycles. The molecule has 5 heterocycles. The van der Waals surface area contributed by atoms with Crippen LogP contribution >= 0.6 is 0 Å². The van der Waals surface area contributed by atoms with E-state index in [0.717, 1.165) is 128 Å². The molecule has 0 aliphatic heterocycles. The van der Waals surface area contributed by atoms with Crippen LogP contribution in [-0.2, 0) is 0 Å². The third-order valence-electron chi connectivity index (χ3n) is 18.9. The van der Waals surface area contributed by atoms with E-state index in [9.17, 15) is 51.0 Å². The SMILES string of the molecule is Cc1cc(C)c2ccc(/C=C/c3ccc(O)c(O)c3)nc2c1O.Cc1cc(C)c2ccc(/C=C/c3ccccc3)nc2c1O.Cc1cc(C)c2ccc(/C=C/c3ccccc3N)nc2c1O.Cc1cc(C)c2ccc(/C=C/c3ccccc3O)nc2c1O.Cc1cc(C)c2ccc(/C=C/c3ccccc3[N+](=O)[O-])nc2c1O. The molecule has 0 saturated heterocycles. The number of pyridine rings is 5. The number of benzene rings is 10. The van der Waals surface area contributed by atoms with Gasteiger partial charge in [-0.3, -0.25) is 10.1 Å². The molecule has 560 valence electrons. The Labute approximate surface area is 649 Å². The molecule has 0 unspecified atom stereocenters. The number of hydrogen-bond acceptors (Lipinski definition) is 16. The number of aromatic hydroxyl groups is 8. The highest BCUT2D eigenvalue weighted by molar-refractivity contribution is 5.94. The number of fused-ring (bicyclic) bond motifs is 5. The quantitative estimate of drug-likeness (QED) is 0.0252. The Hall–Kier alpha value is -14.5. The van der Waals surface area contributed by atoms with E-state index in [1.807, 2.05) is 263 Å². The van der Waals surface area contributed by atoms with E-state index in [1.54, 1.807) is 60.7 Å². The van der Waals surface area contributed by atoms with Crippen molar-refractivity contribution in [2.75, 3.05) is 5.73 Å². The molecular weight excluding hydrogens is 1400 g/mol. The molecule has 0 bridgehead atoms. The molecule has 17 nitrogen and oxygen atoms in total. The van der Waals surface area contributed by atoms with E-state index in [4.69, 9.17) is 5.73 Å². The molecule has 5 aromatic heterocycles. The molecule has 10 N–H and O–H groups in total. The van der Waals surface area contributed by atoms with Gasteiger partial charge in [-0.2, -0.15) is 0 Å². The van der Waals surface area contributed by atoms with Crippen molar-refractivity contribution < 1.29 is 45.8 Å². The number of nitrogens with two attached hydrogens (primary N) is 1. The lowest BCUT2D eigenvalue weighted by Gasteiger charge is -2.08. The third-order valence-corrected chi connectivity index (χ3v) is 18.9. The van der Waals surface area contributed by atoms with Crippen LogP contribution < -0.4 is 5.73 Å². The fraction of sp³-hybridized carbons (Fsp3) is 0.105. The van der Waals surface area contributed by atoms with E-state index < -0.39 is 4.92 Å². The Balaban J connectivity index is 0.000000139. The van der Waals surface area contributed by atoms with Gasteiger partial charge in [-0.1, -0.05) is 164 Å². The molecule has 0 spiro atoms. The van der Waals surface area contributed by atoms with E-state index in [-0.39, 0.29) is 51.7 Å². The van der Waals surface area contributed by atoms with Gasteiger partial charge in [-0.25, -0.2) is 24.9 Å². The first-order valence-electron chi connectivity index (χ1n) is 36.0. The Morgan fingerprint density at radius 3 is 0.938 bits per heavy atom. The maximum absolute atomic E-state index is 11.1. The number of nitro groups is 1. The Morgan fingerprint density at radius 1 is 0.277 bits per heavy atom. The van der Waals surface area contributed by atoms with Crippen LogP contribution in [0.25, 0.3) is 115 Å². The van der Waals surface area contributed by atoms with Crippen molar-refractivity contribution in [3.63, 3.8) is 0 Å². The van der Waals surface area contributed by atoms with Crippen LogP contribution in [0.3, 0.4) is 0 Å². The minimum absolute atomic E-state index is 0.0454. The summed E-state index contributed by atoms with van der Waals surface area (Å²) in [4.78, 5) is 33.3. The largest absolute Gasteiger partial charge is 0.507 e. The number of rotatable bonds is 11. The van der Waals surface area contributed by atoms with Crippen LogP contribution in [-0.4, -0.2) is 70.7 Å². The topological polar surface area (TPSA) is 295 Å². The third kappa shape index (κ3) is 18.7. The number of aromatic nitrogens is 5. The van der Waals surface area contributed by atoms with Crippen molar-refractivity contribution in [1.29, 1.82) is 0 Å². The lowest BCUT2D eigenvalue weighted by molar-refractivity contribution is -0.385. The molecule has 0 atom stereocenters. The summed E-state index contributed by atoms with van der Waals surface area (Å²) in [7, 11) is 0. The second kappa shape index (κ2) is 35.1. The van der Waals surface area contributed by atoms with Crippen LogP contribution in [0.15, 0.2) is 212 Å². The standard InChI is InChI=1S/C19H16N2O3.C19H18N2O.C19H17NO3.C19H17NO2.C19H17NO/c1-12-11-13(2)19(22)18-16(12)10-9-15(20-18)8-7-14-5-3-4-6-17(14)21(23)24;1-12-11-13(2)19(22)18-16(12)10-9-15(21-18)8-7-14-5-3-4-6-17(14)20;1-11-9-12(2)19(23)18-15(11)7-6-14(20-18)5-3-13-4-8-16(21)17(22)10-13;1-12-11-13(2)19(22)18-16(12)10-9-15(20-18)8-7-14-5-3-4-6-17(14)21;1-13-12-14(2)19(21)18-17(13)11-10-16(20-18)9-8-15-6-4-3-5-7-15/h3-11,22H,1-2H3;3-11,22H,20H2,1-2H3;3-10,21-23H,1-2H3;3-11,21-22H,1-2H3;3-12,21H,1-2H3/b2*8-7+;5-3+;8-7+;9-8+. The van der Waals surface area contributed by atoms with Crippen LogP contribution in [0, 0.1) is 79.4 Å². The summed E-state index contributed by atoms with van der Waals surface area (Å²) in [5.74, 6) is 1.01. The maximum atomic E-state index is 11.1. The molecule has 0 fully saturated rings. The molecule has 0 aliphatic rings. The predicted octanol–water partition coefficient (Wildman–Crippen LogP) is 22.2. The summed E-state index contributed by atoms with van der Waals surface area (Å²) in [5.41, 5.74) is 27.0. The molecular formula is C95H85N7O10. The van der Waals surface area contributed by atoms with Crippen molar-refractivity contribution >= 4 is 127 Å². The summed E-state index contributed by atoms with van der Waals surface area (Å²) in [6.45, 7) is 19.4. The Morgan fingerprint density at radius 2 is 0.580 bits per heavy atom. The fourth-order valence-corrected chi connectivity index (χ4v) is 12.8. The fourth-order valence-electron chi connectivity index (χ4n) is 12.8. The smallest absolute Gasteiger partial charge is 0.276 e. The van der Waals surface area contributed by atoms with Crippen molar-refractivity contribution in [3.05, 3.63) is 334 Å². The molecule has 17 heteroatoms. The average Bonchev–Trinajstić information content (AvgIpc) is 0.810. The second-order valence-corrected chi connectivity index (χ2v) is 27.3. The summed E-state index contributed by atoms with van der Waals surface area (Å²) in [6.07, 6.45) is 18.4. The number of aryl methyl sites for hydroxylation is 10. The van der Waals surface area contributed by atoms with Gasteiger partial charge >= 0.3 is 0 Å². The Kier molecular flexibility index (Phi) is 24.6. The predicted molar refractivity (Wildman–Crippen MR) is 457 cm³/mol. The zero-order valence-electron chi connectivity index (χ0n) is 63.6. The number of phenolic OH excluding ortho intramolecular Hbond substituents is 8. The van der Waals surface area contributed by atoms with Crippen LogP contribution in [0.1, 0.15) is 112 Å². The minimum Gasteiger partial charge on any atom is -0.507 e. The van der Waals surface area contributed by atoms with Crippen LogP contribution in [0.2, 0.25) is 0 Å². The van der Waals surface area contributed by atoms with E-state index in [0.29, 0.717) is 44.5 Å². The lowest BCUT2D eigenvalue weighted by atomic mass is 10.0. The van der Waals surface area contributed by atoms with Crippen LogP contribution in [0.5, 0.6) is 46.0 Å². The maximum Gasteiger partial charge on any atom is 0.276 e. The van der Waals surface area contributed by atoms with Gasteiger partial charge in [0, 0.05) is 44.2 Å². The first-order chi connectivity index (χ1) is 53.7. The van der Waals surface area contributed by atoms with Crippen molar-refractivity contribution in [3.8, 4) is 46.0 Å². The van der Waals surface area contributed by atoms with Gasteiger partial charge in [0.05, 0.1) is 39.0 Å². The van der Waals surface area contributed by atoms with Gasteiger partial charge < -0.3 is 46.6 Å². The van der Waals surface area contributed by atoms with Gasteiger partial charge in [0.2, 0.25) is 0 Å². The van der Waals surface area contributed by atoms with Crippen molar-refractivity contribution in [1.82, 2.24) is 24.9 Å². The van der Waals surface area contributed by atoms with Gasteiger partial charge in [-0.05, 0) is 245 Å². The van der Waals surface area contributed by atoms with Gasteiger partial charge in [-0.15, -0.1) is 0 Å². The molecule has 0 amide bonds. The Bertz CT molecular complexity index is 6100.